The number of pyridine rings is 1. The first-order valence-corrected chi connectivity index (χ1v) is 13.6. The van der Waals surface area contributed by atoms with E-state index in [1.807, 2.05) is 82.3 Å². The first-order valence-electron chi connectivity index (χ1n) is 11.7. The molecule has 0 fully saturated rings. The van der Waals surface area contributed by atoms with Crippen molar-refractivity contribution in [1.82, 2.24) is 9.55 Å². The third kappa shape index (κ3) is 4.89. The van der Waals surface area contributed by atoms with E-state index in [4.69, 9.17) is 4.74 Å². The molecule has 0 amide bonds. The number of aromatic nitrogens is 2. The Labute approximate surface area is 206 Å². The number of carbonyl (C=O) groups is 1. The van der Waals surface area contributed by atoms with Crippen LogP contribution in [0.5, 0.6) is 0 Å². The molecule has 2 aromatic heterocycles. The lowest BCUT2D eigenvalue weighted by atomic mass is 10.0. The molecule has 0 saturated heterocycles. The van der Waals surface area contributed by atoms with Crippen molar-refractivity contribution < 1.29 is 17.9 Å². The van der Waals surface area contributed by atoms with Gasteiger partial charge in [-0.1, -0.05) is 61.9 Å². The summed E-state index contributed by atoms with van der Waals surface area (Å²) in [5.74, 6) is 0.353. The maximum absolute atomic E-state index is 13.3. The number of nitrogens with zero attached hydrogens (tertiary/aromatic N) is 3. The third-order valence-electron chi connectivity index (χ3n) is 5.68. The first-order chi connectivity index (χ1) is 16.5. The van der Waals surface area contributed by atoms with Gasteiger partial charge in [-0.25, -0.2) is 22.8 Å². The van der Waals surface area contributed by atoms with Crippen LogP contribution < -0.4 is 4.31 Å². The number of unbranched alkanes of at least 4 members (excludes halogenated alkanes) is 1. The van der Waals surface area contributed by atoms with E-state index in [0.717, 1.165) is 22.8 Å². The van der Waals surface area contributed by atoms with Crippen molar-refractivity contribution in [2.24, 2.45) is 0 Å². The van der Waals surface area contributed by atoms with Gasteiger partial charge < -0.3 is 4.74 Å². The molecular formula is C27H31N3O4S. The minimum Gasteiger partial charge on any atom is -0.443 e. The van der Waals surface area contributed by atoms with E-state index in [-0.39, 0.29) is 0 Å². The third-order valence-corrected chi connectivity index (χ3v) is 6.84. The monoisotopic (exact) mass is 493 g/mol. The molecule has 0 bridgehead atoms. The lowest BCUT2D eigenvalue weighted by molar-refractivity contribution is 0.0551. The topological polar surface area (TPSA) is 81.5 Å². The summed E-state index contributed by atoms with van der Waals surface area (Å²) >= 11 is 0. The van der Waals surface area contributed by atoms with Crippen LogP contribution in [0, 0.1) is 0 Å². The number of para-hydroxylation sites is 1. The highest BCUT2D eigenvalue weighted by atomic mass is 32.2. The van der Waals surface area contributed by atoms with Crippen LogP contribution in [0.3, 0.4) is 0 Å². The Kier molecular flexibility index (Phi) is 6.60. The number of rotatable bonds is 6. The van der Waals surface area contributed by atoms with Crippen molar-refractivity contribution in [2.45, 2.75) is 46.1 Å². The van der Waals surface area contributed by atoms with Gasteiger partial charge in [-0.15, -0.1) is 0 Å². The van der Waals surface area contributed by atoms with Crippen LogP contribution in [0.25, 0.3) is 32.9 Å². The van der Waals surface area contributed by atoms with Crippen molar-refractivity contribution in [1.29, 1.82) is 0 Å². The SMILES string of the molecule is CCCCN(c1ncc2c(c1-c1ccccc1)c1ccccc1n2C(=O)OC(C)(C)C)S(C)(=O)=O. The second-order valence-corrected chi connectivity index (χ2v) is 11.5. The molecular weight excluding hydrogens is 462 g/mol. The standard InChI is InChI=1S/C27H31N3O4S/c1-6-7-17-29(35(5,32)33)25-23(19-13-9-8-10-14-19)24-20-15-11-12-16-21(20)30(22(24)18-28-25)26(31)34-27(2,3)4/h8-16,18H,6-7,17H2,1-5H3. The predicted molar refractivity (Wildman–Crippen MR) is 141 cm³/mol. The van der Waals surface area contributed by atoms with Crippen LogP contribution in [-0.4, -0.2) is 42.5 Å². The molecule has 0 unspecified atom stereocenters. The Morgan fingerprint density at radius 1 is 1.03 bits per heavy atom. The van der Waals surface area contributed by atoms with E-state index in [0.29, 0.717) is 35.4 Å². The average Bonchev–Trinajstić information content (AvgIpc) is 3.12. The molecule has 7 nitrogen and oxygen atoms in total. The number of hydrogen-bond donors (Lipinski definition) is 0. The Morgan fingerprint density at radius 2 is 1.69 bits per heavy atom. The van der Waals surface area contributed by atoms with Gasteiger partial charge in [-0.3, -0.25) is 4.31 Å². The van der Waals surface area contributed by atoms with Crippen LogP contribution in [0.15, 0.2) is 60.8 Å². The van der Waals surface area contributed by atoms with Crippen LogP contribution in [0.1, 0.15) is 40.5 Å². The lowest BCUT2D eigenvalue weighted by Crippen LogP contribution is -2.32. The summed E-state index contributed by atoms with van der Waals surface area (Å²) in [5, 5.41) is 1.58. The minimum atomic E-state index is -3.60. The van der Waals surface area contributed by atoms with E-state index < -0.39 is 21.7 Å². The minimum absolute atomic E-state index is 0.318. The zero-order chi connectivity index (χ0) is 25.4. The molecule has 0 N–H and O–H groups in total. The summed E-state index contributed by atoms with van der Waals surface area (Å²) in [6.07, 6.45) is 3.80. The molecule has 0 saturated carbocycles. The van der Waals surface area contributed by atoms with Gasteiger partial charge in [0.05, 0.1) is 23.5 Å². The summed E-state index contributed by atoms with van der Waals surface area (Å²) < 4.78 is 34.4. The van der Waals surface area contributed by atoms with Gasteiger partial charge in [0.2, 0.25) is 10.0 Å². The normalized spacial score (nSPS) is 12.3. The number of sulfonamides is 1. The molecule has 0 spiro atoms. The number of benzene rings is 2. The smallest absolute Gasteiger partial charge is 0.419 e. The van der Waals surface area contributed by atoms with Gasteiger partial charge in [0.15, 0.2) is 5.82 Å². The predicted octanol–water partition coefficient (Wildman–Crippen LogP) is 6.21. The van der Waals surface area contributed by atoms with Crippen molar-refractivity contribution in [2.75, 3.05) is 17.1 Å². The zero-order valence-corrected chi connectivity index (χ0v) is 21.6. The van der Waals surface area contributed by atoms with Crippen molar-refractivity contribution in [3.8, 4) is 11.1 Å². The molecule has 4 rings (SSSR count). The molecule has 2 aromatic carbocycles. The molecule has 0 aliphatic rings. The van der Waals surface area contributed by atoms with Gasteiger partial charge >= 0.3 is 6.09 Å². The molecule has 0 radical (unpaired) electrons. The summed E-state index contributed by atoms with van der Waals surface area (Å²) in [5.41, 5.74) is 2.04. The number of anilines is 1. The summed E-state index contributed by atoms with van der Waals surface area (Å²) in [6, 6.07) is 17.1. The highest BCUT2D eigenvalue weighted by Crippen LogP contribution is 2.42. The summed E-state index contributed by atoms with van der Waals surface area (Å²) in [6.45, 7) is 7.80. The lowest BCUT2D eigenvalue weighted by Gasteiger charge is -2.24. The van der Waals surface area contributed by atoms with Gasteiger partial charge in [-0.2, -0.15) is 0 Å². The Morgan fingerprint density at radius 3 is 2.31 bits per heavy atom. The van der Waals surface area contributed by atoms with Crippen LogP contribution >= 0.6 is 0 Å². The first kappa shape index (κ1) is 24.7. The quantitative estimate of drug-likeness (QED) is 0.319. The Balaban J connectivity index is 2.13. The molecule has 0 aliphatic heterocycles. The Hall–Kier alpha value is -3.39. The van der Waals surface area contributed by atoms with Crippen molar-refractivity contribution >= 4 is 43.7 Å². The van der Waals surface area contributed by atoms with E-state index in [2.05, 4.69) is 4.98 Å². The van der Waals surface area contributed by atoms with E-state index in [9.17, 15) is 13.2 Å². The molecule has 35 heavy (non-hydrogen) atoms. The van der Waals surface area contributed by atoms with Gasteiger partial charge in [0, 0.05) is 22.9 Å². The number of fused-ring (bicyclic) bond motifs is 3. The van der Waals surface area contributed by atoms with Gasteiger partial charge in [0.25, 0.3) is 0 Å². The second-order valence-electron chi connectivity index (χ2n) is 9.60. The van der Waals surface area contributed by atoms with Gasteiger partial charge in [-0.05, 0) is 38.8 Å². The average molecular weight is 494 g/mol. The van der Waals surface area contributed by atoms with E-state index in [1.165, 1.54) is 15.1 Å². The Bertz CT molecular complexity index is 1490. The molecule has 8 heteroatoms. The van der Waals surface area contributed by atoms with Gasteiger partial charge in [0.1, 0.15) is 5.60 Å². The number of carbonyl (C=O) groups excluding carboxylic acids is 1. The summed E-state index contributed by atoms with van der Waals surface area (Å²) in [7, 11) is -3.60. The molecule has 2 heterocycles. The molecule has 0 atom stereocenters. The van der Waals surface area contributed by atoms with Crippen LogP contribution in [-0.2, 0) is 14.8 Å². The molecule has 0 aliphatic carbocycles. The second kappa shape index (κ2) is 9.34. The highest BCUT2D eigenvalue weighted by molar-refractivity contribution is 7.92. The van der Waals surface area contributed by atoms with Crippen molar-refractivity contribution in [3.63, 3.8) is 0 Å². The van der Waals surface area contributed by atoms with Crippen LogP contribution in [0.4, 0.5) is 10.6 Å². The largest absolute Gasteiger partial charge is 0.443 e. The van der Waals surface area contributed by atoms with Crippen LogP contribution in [0.2, 0.25) is 0 Å². The fraction of sp³-hybridized carbons (Fsp3) is 0.333. The summed E-state index contributed by atoms with van der Waals surface area (Å²) in [4.78, 5) is 18.0. The van der Waals surface area contributed by atoms with E-state index in [1.54, 1.807) is 6.20 Å². The maximum Gasteiger partial charge on any atom is 0.419 e. The number of ether oxygens (including phenoxy) is 1. The molecule has 4 aromatic rings. The zero-order valence-electron chi connectivity index (χ0n) is 20.8. The maximum atomic E-state index is 13.3. The fourth-order valence-electron chi connectivity index (χ4n) is 4.25. The fourth-order valence-corrected chi connectivity index (χ4v) is 5.16. The van der Waals surface area contributed by atoms with E-state index >= 15 is 0 Å². The molecule has 184 valence electrons. The highest BCUT2D eigenvalue weighted by Gasteiger charge is 2.29. The van der Waals surface area contributed by atoms with Crippen molar-refractivity contribution in [3.05, 3.63) is 60.8 Å². The number of hydrogen-bond acceptors (Lipinski definition) is 5.